The molecule has 0 aromatic heterocycles. The standard InChI is InChI=1S/C21H16BrCl3N4O/c22-15-8-6-14(7-9-15)19(30)27-20(21(23,24)25)26-16-10-12-18(13-11-16)29-28-17-4-2-1-3-5-17/h1-13,20,26H,(H,27,30)/t20-/m1/s1. The van der Waals surface area contributed by atoms with E-state index >= 15 is 0 Å². The van der Waals surface area contributed by atoms with Crippen LogP contribution in [0.15, 0.2) is 93.6 Å². The van der Waals surface area contributed by atoms with Gasteiger partial charge in [-0.15, -0.1) is 0 Å². The number of amides is 1. The Balaban J connectivity index is 1.68. The summed E-state index contributed by atoms with van der Waals surface area (Å²) in [7, 11) is 0. The van der Waals surface area contributed by atoms with E-state index in [2.05, 4.69) is 36.8 Å². The first-order valence-electron chi connectivity index (χ1n) is 8.78. The minimum atomic E-state index is -1.78. The lowest BCUT2D eigenvalue weighted by Crippen LogP contribution is -2.49. The van der Waals surface area contributed by atoms with Crippen LogP contribution in [0, 0.1) is 0 Å². The molecule has 3 aromatic rings. The van der Waals surface area contributed by atoms with E-state index in [0.717, 1.165) is 10.2 Å². The largest absolute Gasteiger partial charge is 0.362 e. The SMILES string of the molecule is O=C(N[C@@H](Nc1ccc(N=Nc2ccccc2)cc1)C(Cl)(Cl)Cl)c1ccc(Br)cc1. The average molecular weight is 527 g/mol. The van der Waals surface area contributed by atoms with E-state index in [1.807, 2.05) is 30.3 Å². The Morgan fingerprint density at radius 1 is 0.833 bits per heavy atom. The molecule has 0 radical (unpaired) electrons. The Labute approximate surface area is 197 Å². The highest BCUT2D eigenvalue weighted by atomic mass is 79.9. The summed E-state index contributed by atoms with van der Waals surface area (Å²) in [4.78, 5) is 12.5. The topological polar surface area (TPSA) is 65.8 Å². The third kappa shape index (κ3) is 6.71. The van der Waals surface area contributed by atoms with Gasteiger partial charge in [0.05, 0.1) is 11.4 Å². The van der Waals surface area contributed by atoms with Gasteiger partial charge in [0, 0.05) is 15.7 Å². The number of carbonyl (C=O) groups excluding carboxylic acids is 1. The molecule has 0 spiro atoms. The van der Waals surface area contributed by atoms with Gasteiger partial charge >= 0.3 is 0 Å². The Hall–Kier alpha value is -2.12. The van der Waals surface area contributed by atoms with Gasteiger partial charge in [-0.3, -0.25) is 4.79 Å². The fraction of sp³-hybridized carbons (Fsp3) is 0.0952. The van der Waals surface area contributed by atoms with Gasteiger partial charge in [0.2, 0.25) is 3.79 Å². The predicted octanol–water partition coefficient (Wildman–Crippen LogP) is 7.40. The van der Waals surface area contributed by atoms with Crippen molar-refractivity contribution in [3.8, 4) is 0 Å². The van der Waals surface area contributed by atoms with E-state index in [1.54, 1.807) is 48.5 Å². The highest BCUT2D eigenvalue weighted by Crippen LogP contribution is 2.32. The molecule has 1 amide bonds. The molecule has 0 heterocycles. The van der Waals surface area contributed by atoms with Crippen LogP contribution in [0.2, 0.25) is 0 Å². The van der Waals surface area contributed by atoms with E-state index < -0.39 is 9.96 Å². The first-order valence-corrected chi connectivity index (χ1v) is 10.7. The van der Waals surface area contributed by atoms with Gasteiger partial charge in [-0.1, -0.05) is 68.9 Å². The van der Waals surface area contributed by atoms with Gasteiger partial charge < -0.3 is 10.6 Å². The van der Waals surface area contributed by atoms with Crippen molar-refractivity contribution in [1.29, 1.82) is 0 Å². The summed E-state index contributed by atoms with van der Waals surface area (Å²) in [6.07, 6.45) is -0.963. The fourth-order valence-electron chi connectivity index (χ4n) is 2.42. The van der Waals surface area contributed by atoms with Gasteiger partial charge in [0.1, 0.15) is 6.17 Å². The number of rotatable bonds is 6. The van der Waals surface area contributed by atoms with Crippen LogP contribution in [0.25, 0.3) is 0 Å². The normalized spacial score (nSPS) is 12.5. The molecule has 1 atom stereocenters. The van der Waals surface area contributed by atoms with Gasteiger partial charge in [-0.25, -0.2) is 0 Å². The molecule has 0 saturated heterocycles. The monoisotopic (exact) mass is 524 g/mol. The molecule has 0 bridgehead atoms. The average Bonchev–Trinajstić information content (AvgIpc) is 2.73. The maximum Gasteiger partial charge on any atom is 0.252 e. The number of benzene rings is 3. The molecule has 0 unspecified atom stereocenters. The van der Waals surface area contributed by atoms with Crippen molar-refractivity contribution >= 4 is 73.7 Å². The number of hydrogen-bond acceptors (Lipinski definition) is 4. The molecule has 0 aliphatic heterocycles. The summed E-state index contributed by atoms with van der Waals surface area (Å²) in [6, 6.07) is 23.3. The van der Waals surface area contributed by atoms with Gasteiger partial charge in [-0.2, -0.15) is 10.2 Å². The molecule has 0 aliphatic rings. The number of anilines is 1. The smallest absolute Gasteiger partial charge is 0.252 e. The van der Waals surface area contributed by atoms with Crippen molar-refractivity contribution in [3.05, 3.63) is 88.9 Å². The summed E-state index contributed by atoms with van der Waals surface area (Å²) in [5.41, 5.74) is 2.50. The van der Waals surface area contributed by atoms with E-state index in [0.29, 0.717) is 16.9 Å². The van der Waals surface area contributed by atoms with Crippen LogP contribution in [-0.4, -0.2) is 15.9 Å². The molecule has 3 rings (SSSR count). The zero-order valence-corrected chi connectivity index (χ0v) is 19.3. The van der Waals surface area contributed by atoms with Crippen molar-refractivity contribution in [2.75, 3.05) is 5.32 Å². The van der Waals surface area contributed by atoms with Crippen LogP contribution in [0.1, 0.15) is 10.4 Å². The number of halogens is 4. The van der Waals surface area contributed by atoms with Crippen LogP contribution < -0.4 is 10.6 Å². The minimum absolute atomic E-state index is 0.375. The molecule has 0 fully saturated rings. The molecule has 30 heavy (non-hydrogen) atoms. The third-order valence-electron chi connectivity index (χ3n) is 3.92. The molecule has 0 aliphatic carbocycles. The zero-order chi connectivity index (χ0) is 21.6. The fourth-order valence-corrected chi connectivity index (χ4v) is 3.01. The molecule has 5 nitrogen and oxygen atoms in total. The Morgan fingerprint density at radius 2 is 1.40 bits per heavy atom. The zero-order valence-electron chi connectivity index (χ0n) is 15.4. The van der Waals surface area contributed by atoms with E-state index in [1.165, 1.54) is 0 Å². The van der Waals surface area contributed by atoms with E-state index in [9.17, 15) is 4.79 Å². The first kappa shape index (κ1) is 22.6. The number of nitrogens with one attached hydrogen (secondary N) is 2. The molecule has 3 aromatic carbocycles. The highest BCUT2D eigenvalue weighted by molar-refractivity contribution is 9.10. The van der Waals surface area contributed by atoms with E-state index in [-0.39, 0.29) is 5.91 Å². The van der Waals surface area contributed by atoms with Gasteiger partial charge in [0.25, 0.3) is 5.91 Å². The van der Waals surface area contributed by atoms with Gasteiger partial charge in [0.15, 0.2) is 0 Å². The molecule has 2 N–H and O–H groups in total. The number of alkyl halides is 3. The van der Waals surface area contributed by atoms with Crippen LogP contribution >= 0.6 is 50.7 Å². The van der Waals surface area contributed by atoms with Gasteiger partial charge in [-0.05, 0) is 60.7 Å². The maximum atomic E-state index is 12.5. The lowest BCUT2D eigenvalue weighted by atomic mass is 10.2. The number of hydrogen-bond donors (Lipinski definition) is 2. The van der Waals surface area contributed by atoms with Crippen molar-refractivity contribution in [1.82, 2.24) is 5.32 Å². The van der Waals surface area contributed by atoms with Crippen LogP contribution in [0.4, 0.5) is 17.1 Å². The van der Waals surface area contributed by atoms with Crippen molar-refractivity contribution < 1.29 is 4.79 Å². The summed E-state index contributed by atoms with van der Waals surface area (Å²) < 4.78 is -0.920. The number of azo groups is 1. The molecule has 0 saturated carbocycles. The van der Waals surface area contributed by atoms with Crippen molar-refractivity contribution in [2.45, 2.75) is 9.96 Å². The van der Waals surface area contributed by atoms with Crippen LogP contribution in [0.3, 0.4) is 0 Å². The quantitative estimate of drug-likeness (QED) is 0.200. The minimum Gasteiger partial charge on any atom is -0.362 e. The second-order valence-corrected chi connectivity index (χ2v) is 9.47. The summed E-state index contributed by atoms with van der Waals surface area (Å²) in [6.45, 7) is 0. The Morgan fingerprint density at radius 3 is 1.97 bits per heavy atom. The second-order valence-electron chi connectivity index (χ2n) is 6.18. The van der Waals surface area contributed by atoms with Crippen LogP contribution in [0.5, 0.6) is 0 Å². The lowest BCUT2D eigenvalue weighted by molar-refractivity contribution is 0.0942. The van der Waals surface area contributed by atoms with Crippen LogP contribution in [-0.2, 0) is 0 Å². The van der Waals surface area contributed by atoms with Crippen molar-refractivity contribution in [3.63, 3.8) is 0 Å². The second kappa shape index (κ2) is 10.3. The highest BCUT2D eigenvalue weighted by Gasteiger charge is 2.34. The lowest BCUT2D eigenvalue weighted by Gasteiger charge is -2.27. The Kier molecular flexibility index (Phi) is 7.72. The summed E-state index contributed by atoms with van der Waals surface area (Å²) in [5.74, 6) is -0.375. The Bertz CT molecular complexity index is 1010. The summed E-state index contributed by atoms with van der Waals surface area (Å²) in [5, 5.41) is 14.1. The molecular weight excluding hydrogens is 511 g/mol. The number of nitrogens with zero attached hydrogens (tertiary/aromatic N) is 2. The molecule has 9 heteroatoms. The molecule has 154 valence electrons. The molecular formula is C21H16BrCl3N4O. The maximum absolute atomic E-state index is 12.5. The third-order valence-corrected chi connectivity index (χ3v) is 5.11. The first-order chi connectivity index (χ1) is 14.3. The predicted molar refractivity (Wildman–Crippen MR) is 126 cm³/mol. The van der Waals surface area contributed by atoms with Crippen molar-refractivity contribution in [2.24, 2.45) is 10.2 Å². The summed E-state index contributed by atoms with van der Waals surface area (Å²) >= 11 is 21.5. The number of carbonyl (C=O) groups is 1. The van der Waals surface area contributed by atoms with E-state index in [4.69, 9.17) is 34.8 Å².